The molecular formula is C17H25N5O6S. The molecule has 12 heteroatoms. The average Bonchev–Trinajstić information content (AvgIpc) is 2.99. The molecule has 0 spiro atoms. The number of primary amides is 1. The van der Waals surface area contributed by atoms with E-state index in [4.69, 9.17) is 5.73 Å². The van der Waals surface area contributed by atoms with Gasteiger partial charge in [-0.2, -0.15) is 0 Å². The largest absolute Gasteiger partial charge is 0.352 e. The SMILES string of the molecule is CSC(=O)[C@H](CCCNC(N)=O)NC(=O)[C@H](C)NC(=O)CCN1C(=O)C=CC1=O. The lowest BCUT2D eigenvalue weighted by atomic mass is 10.1. The topological polar surface area (TPSA) is 168 Å². The number of carbonyl (C=O) groups is 6. The van der Waals surface area contributed by atoms with Crippen LogP contribution in [0.15, 0.2) is 12.2 Å². The molecular weight excluding hydrogens is 402 g/mol. The maximum Gasteiger partial charge on any atom is 0.312 e. The van der Waals surface area contributed by atoms with Gasteiger partial charge in [0.25, 0.3) is 11.8 Å². The third kappa shape index (κ3) is 8.34. The highest BCUT2D eigenvalue weighted by molar-refractivity contribution is 8.13. The van der Waals surface area contributed by atoms with Crippen LogP contribution in [0.3, 0.4) is 0 Å². The molecule has 0 fully saturated rings. The van der Waals surface area contributed by atoms with Gasteiger partial charge in [-0.25, -0.2) is 4.79 Å². The number of carbonyl (C=O) groups excluding carboxylic acids is 6. The van der Waals surface area contributed by atoms with Gasteiger partial charge in [-0.3, -0.25) is 28.9 Å². The Balaban J connectivity index is 2.46. The second-order valence-electron chi connectivity index (χ2n) is 6.22. The van der Waals surface area contributed by atoms with E-state index >= 15 is 0 Å². The lowest BCUT2D eigenvalue weighted by Gasteiger charge is -2.20. The molecule has 0 unspecified atom stereocenters. The molecule has 160 valence electrons. The number of urea groups is 1. The normalized spacial score (nSPS) is 15.0. The molecule has 6 amide bonds. The number of rotatable bonds is 11. The molecule has 5 N–H and O–H groups in total. The number of thioether (sulfide) groups is 1. The average molecular weight is 427 g/mol. The van der Waals surface area contributed by atoms with E-state index in [2.05, 4.69) is 16.0 Å². The summed E-state index contributed by atoms with van der Waals surface area (Å²) >= 11 is 0.959. The van der Waals surface area contributed by atoms with Crippen molar-refractivity contribution in [1.82, 2.24) is 20.9 Å². The van der Waals surface area contributed by atoms with E-state index in [9.17, 15) is 28.8 Å². The third-order valence-corrected chi connectivity index (χ3v) is 4.69. The maximum absolute atomic E-state index is 12.3. The van der Waals surface area contributed by atoms with E-state index in [1.54, 1.807) is 6.26 Å². The van der Waals surface area contributed by atoms with Crippen molar-refractivity contribution in [2.24, 2.45) is 5.73 Å². The summed E-state index contributed by atoms with van der Waals surface area (Å²) in [6.07, 6.45) is 4.40. The molecule has 0 aromatic carbocycles. The van der Waals surface area contributed by atoms with Gasteiger partial charge >= 0.3 is 6.03 Å². The minimum atomic E-state index is -0.925. The molecule has 1 aliphatic rings. The second kappa shape index (κ2) is 11.8. The first kappa shape index (κ1) is 24.1. The van der Waals surface area contributed by atoms with Crippen LogP contribution in [0.5, 0.6) is 0 Å². The zero-order valence-electron chi connectivity index (χ0n) is 16.2. The highest BCUT2D eigenvalue weighted by atomic mass is 32.2. The third-order valence-electron chi connectivity index (χ3n) is 4.00. The summed E-state index contributed by atoms with van der Waals surface area (Å²) in [5, 5.41) is 7.18. The van der Waals surface area contributed by atoms with E-state index < -0.39 is 41.7 Å². The van der Waals surface area contributed by atoms with Crippen LogP contribution in [0.4, 0.5) is 4.79 Å². The Hall–Kier alpha value is -2.89. The first-order valence-electron chi connectivity index (χ1n) is 8.90. The van der Waals surface area contributed by atoms with Gasteiger partial charge in [0.05, 0.1) is 6.04 Å². The molecule has 0 saturated heterocycles. The highest BCUT2D eigenvalue weighted by Gasteiger charge is 2.26. The minimum Gasteiger partial charge on any atom is -0.352 e. The molecule has 29 heavy (non-hydrogen) atoms. The molecule has 1 aliphatic heterocycles. The zero-order valence-corrected chi connectivity index (χ0v) is 17.0. The van der Waals surface area contributed by atoms with Crippen molar-refractivity contribution < 1.29 is 28.8 Å². The molecule has 0 saturated carbocycles. The fourth-order valence-corrected chi connectivity index (χ4v) is 2.91. The lowest BCUT2D eigenvalue weighted by molar-refractivity contribution is -0.137. The molecule has 2 atom stereocenters. The van der Waals surface area contributed by atoms with E-state index in [1.807, 2.05) is 0 Å². The summed E-state index contributed by atoms with van der Waals surface area (Å²) in [6.45, 7) is 1.62. The predicted molar refractivity (Wildman–Crippen MR) is 105 cm³/mol. The van der Waals surface area contributed by atoms with Gasteiger partial charge in [0.1, 0.15) is 6.04 Å². The monoisotopic (exact) mass is 427 g/mol. The molecule has 11 nitrogen and oxygen atoms in total. The van der Waals surface area contributed by atoms with E-state index in [0.29, 0.717) is 12.8 Å². The summed E-state index contributed by atoms with van der Waals surface area (Å²) in [5.41, 5.74) is 4.97. The van der Waals surface area contributed by atoms with Crippen molar-refractivity contribution in [2.75, 3.05) is 19.3 Å². The quantitative estimate of drug-likeness (QED) is 0.233. The number of hydrogen-bond donors (Lipinski definition) is 4. The second-order valence-corrected chi connectivity index (χ2v) is 7.03. The Kier molecular flexibility index (Phi) is 9.86. The fourth-order valence-electron chi connectivity index (χ4n) is 2.45. The number of nitrogens with two attached hydrogens (primary N) is 1. The summed E-state index contributed by atoms with van der Waals surface area (Å²) in [7, 11) is 0. The van der Waals surface area contributed by atoms with Crippen LogP contribution in [0.1, 0.15) is 26.2 Å². The summed E-state index contributed by atoms with van der Waals surface area (Å²) in [5.74, 6) is -2.04. The summed E-state index contributed by atoms with van der Waals surface area (Å²) < 4.78 is 0. The lowest BCUT2D eigenvalue weighted by Crippen LogP contribution is -2.50. The molecule has 0 aromatic rings. The van der Waals surface area contributed by atoms with E-state index in [1.165, 1.54) is 6.92 Å². The molecule has 0 aliphatic carbocycles. The highest BCUT2D eigenvalue weighted by Crippen LogP contribution is 2.08. The minimum absolute atomic E-state index is 0.0920. The van der Waals surface area contributed by atoms with Crippen LogP contribution in [-0.4, -0.2) is 71.1 Å². The molecule has 1 heterocycles. The van der Waals surface area contributed by atoms with Gasteiger partial charge in [-0.05, 0) is 26.0 Å². The first-order valence-corrected chi connectivity index (χ1v) is 10.1. The van der Waals surface area contributed by atoms with Crippen molar-refractivity contribution in [3.63, 3.8) is 0 Å². The Morgan fingerprint density at radius 3 is 2.31 bits per heavy atom. The van der Waals surface area contributed by atoms with Crippen LogP contribution in [0.2, 0.25) is 0 Å². The van der Waals surface area contributed by atoms with Crippen LogP contribution in [-0.2, 0) is 24.0 Å². The number of nitrogens with one attached hydrogen (secondary N) is 3. The van der Waals surface area contributed by atoms with Crippen LogP contribution in [0, 0.1) is 0 Å². The molecule has 0 radical (unpaired) electrons. The summed E-state index contributed by atoms with van der Waals surface area (Å²) in [4.78, 5) is 70.8. The van der Waals surface area contributed by atoms with Crippen LogP contribution in [0.25, 0.3) is 0 Å². The summed E-state index contributed by atoms with van der Waals surface area (Å²) in [6, 6.07) is -2.38. The Morgan fingerprint density at radius 2 is 1.76 bits per heavy atom. The first-order chi connectivity index (χ1) is 13.6. The predicted octanol–water partition coefficient (Wildman–Crippen LogP) is -1.37. The number of hydrogen-bond acceptors (Lipinski definition) is 7. The Labute approximate surface area is 172 Å². The Morgan fingerprint density at radius 1 is 1.14 bits per heavy atom. The number of imide groups is 1. The van der Waals surface area contributed by atoms with E-state index in [0.717, 1.165) is 28.8 Å². The maximum atomic E-state index is 12.3. The number of nitrogens with zero attached hydrogens (tertiary/aromatic N) is 1. The van der Waals surface area contributed by atoms with Crippen LogP contribution >= 0.6 is 11.8 Å². The molecule has 0 bridgehead atoms. The van der Waals surface area contributed by atoms with Gasteiger partial charge < -0.3 is 21.7 Å². The van der Waals surface area contributed by atoms with E-state index in [-0.39, 0.29) is 24.6 Å². The van der Waals surface area contributed by atoms with Gasteiger partial charge in [0.2, 0.25) is 16.9 Å². The molecule has 1 rings (SSSR count). The standard InChI is InChI=1S/C17H25N5O6S/c1-10(20-12(23)7-9-22-13(24)5-6-14(22)25)15(26)21-11(16(27)29-2)4-3-8-19-17(18)28/h5-6,10-11H,3-4,7-9H2,1-2H3,(H,20,23)(H,21,26)(H3,18,19,28)/t10-,11-/m0/s1. The van der Waals surface area contributed by atoms with Crippen molar-refractivity contribution in [3.8, 4) is 0 Å². The van der Waals surface area contributed by atoms with Gasteiger partial charge in [-0.1, -0.05) is 11.8 Å². The van der Waals surface area contributed by atoms with Gasteiger partial charge in [0.15, 0.2) is 0 Å². The molecule has 0 aromatic heterocycles. The van der Waals surface area contributed by atoms with Crippen molar-refractivity contribution in [3.05, 3.63) is 12.2 Å². The number of amides is 6. The van der Waals surface area contributed by atoms with Gasteiger partial charge in [0, 0.05) is 31.7 Å². The smallest absolute Gasteiger partial charge is 0.312 e. The van der Waals surface area contributed by atoms with Gasteiger partial charge in [-0.15, -0.1) is 0 Å². The zero-order chi connectivity index (χ0) is 22.0. The van der Waals surface area contributed by atoms with Crippen molar-refractivity contribution >= 4 is 46.5 Å². The van der Waals surface area contributed by atoms with Crippen LogP contribution < -0.4 is 21.7 Å². The van der Waals surface area contributed by atoms with Crippen molar-refractivity contribution in [2.45, 2.75) is 38.3 Å². The fraction of sp³-hybridized carbons (Fsp3) is 0.529. The Bertz CT molecular complexity index is 692. The van der Waals surface area contributed by atoms with Crippen molar-refractivity contribution in [1.29, 1.82) is 0 Å².